The van der Waals surface area contributed by atoms with Gasteiger partial charge in [-0.05, 0) is 76.5 Å². The van der Waals surface area contributed by atoms with Gasteiger partial charge < -0.3 is 29.7 Å². The number of hydrogen-bond donors (Lipinski definition) is 3. The molecule has 3 amide bonds. The van der Waals surface area contributed by atoms with Crippen LogP contribution in [0.3, 0.4) is 0 Å². The molecular weight excluding hydrogens is 905 g/mol. The number of amides is 3. The fraction of sp³-hybridized carbons (Fsp3) is 0.500. The number of benzene rings is 2. The first kappa shape index (κ1) is 47.0. The Morgan fingerprint density at radius 3 is 2.53 bits per heavy atom. The molecule has 2 saturated carbocycles. The maximum absolute atomic E-state index is 15.0. The minimum absolute atomic E-state index is 0.0779. The zero-order valence-electron chi connectivity index (χ0n) is 37.1. The molecule has 2 aliphatic carbocycles. The Bertz CT molecular complexity index is 2690. The van der Waals surface area contributed by atoms with Crippen LogP contribution >= 0.6 is 11.3 Å². The van der Waals surface area contributed by atoms with Crippen molar-refractivity contribution >= 4 is 55.7 Å². The van der Waals surface area contributed by atoms with Crippen molar-refractivity contribution in [2.45, 2.75) is 126 Å². The van der Waals surface area contributed by atoms with E-state index in [1.807, 2.05) is 32.2 Å². The molecule has 4 aromatic rings. The van der Waals surface area contributed by atoms with E-state index in [0.29, 0.717) is 77.7 Å². The summed E-state index contributed by atoms with van der Waals surface area (Å²) in [6.45, 7) is 7.33. The average Bonchev–Trinajstić information content (AvgIpc) is 4.01. The largest absolute Gasteiger partial charge is 0.573 e. The Kier molecular flexibility index (Phi) is 12.8. The predicted molar refractivity (Wildman–Crippen MR) is 239 cm³/mol. The van der Waals surface area contributed by atoms with Gasteiger partial charge >= 0.3 is 6.36 Å². The van der Waals surface area contributed by atoms with Gasteiger partial charge in [0.25, 0.3) is 5.91 Å². The number of allylic oxidation sites excluding steroid dienone is 1. The zero-order chi connectivity index (χ0) is 47.3. The van der Waals surface area contributed by atoms with E-state index >= 15 is 0 Å². The van der Waals surface area contributed by atoms with Gasteiger partial charge in [-0.25, -0.2) is 22.8 Å². The van der Waals surface area contributed by atoms with Crippen molar-refractivity contribution in [1.29, 1.82) is 0 Å². The standard InChI is InChI=1S/C46H52F4N6O8S2/c1-25(2)35-24-65-41(53-35)34-21-38(32-13-14-37(62-5)26(3)39(32)52-34)63-31-20-36-40(57)54-45(43(59)55-66(60,61)44(4)15-16-44)22-27(45)11-9-7-6-8-10-12-33(42(58)56(36)23-31)51-29-17-28(47)18-30(19-29)64-46(48,49)50/h9,11,13-14,17-19,21,24-25,27,31,33,36,51H,6-8,10,12,15-16,20,22-23H2,1-5H3,(H,54,57)(H,55,59)/b11-9-/t27-,31+,33-,36-,45+/m0/s1. The lowest BCUT2D eigenvalue weighted by molar-refractivity contribution is -0.274. The Morgan fingerprint density at radius 2 is 1.83 bits per heavy atom. The van der Waals surface area contributed by atoms with Crippen LogP contribution in [0.5, 0.6) is 17.2 Å². The van der Waals surface area contributed by atoms with E-state index in [0.717, 1.165) is 23.4 Å². The number of sulfonamides is 1. The number of nitrogens with one attached hydrogen (secondary N) is 3. The Hall–Kier alpha value is -5.50. The predicted octanol–water partition coefficient (Wildman–Crippen LogP) is 8.06. The number of alkyl halides is 3. The lowest BCUT2D eigenvalue weighted by Gasteiger charge is -2.30. The number of methoxy groups -OCH3 is 1. The number of aryl methyl sites for hydroxylation is 1. The van der Waals surface area contributed by atoms with Gasteiger partial charge in [0.15, 0.2) is 0 Å². The lowest BCUT2D eigenvalue weighted by atomic mass is 10.0. The third-order valence-electron chi connectivity index (χ3n) is 12.9. The van der Waals surface area contributed by atoms with Crippen molar-refractivity contribution in [3.8, 4) is 28.0 Å². The molecule has 2 aliphatic heterocycles. The number of anilines is 1. The minimum Gasteiger partial charge on any atom is -0.496 e. The smallest absolute Gasteiger partial charge is 0.496 e. The quantitative estimate of drug-likeness (QED) is 0.0979. The number of ether oxygens (including phenoxy) is 3. The summed E-state index contributed by atoms with van der Waals surface area (Å²) in [5, 5.41) is 9.01. The van der Waals surface area contributed by atoms with Gasteiger partial charge in [0.2, 0.25) is 21.8 Å². The number of halogens is 4. The number of thiazole rings is 1. The van der Waals surface area contributed by atoms with Crippen LogP contribution in [0.15, 0.2) is 53.9 Å². The molecule has 3 N–H and O–H groups in total. The molecule has 2 aromatic carbocycles. The number of aromatic nitrogens is 2. The van der Waals surface area contributed by atoms with E-state index < -0.39 is 80.1 Å². The van der Waals surface area contributed by atoms with Crippen molar-refractivity contribution < 1.29 is 54.6 Å². The SMILES string of the molecule is COc1ccc2c(O[C@@H]3C[C@H]4C(=O)N[C@]5(C(=O)NS(=O)(=O)C6(C)CC6)C[C@@H]5/C=C\CCCCC[C@H](Nc5cc(F)cc(OC(F)(F)F)c5)C(=O)N4C3)cc(-c3nc(C(C)C)cs3)nc2c1C. The minimum atomic E-state index is -5.11. The molecule has 0 unspecified atom stereocenters. The molecule has 14 nitrogen and oxygen atoms in total. The number of fused-ring (bicyclic) bond motifs is 3. The second-order valence-corrected chi connectivity index (χ2v) is 21.2. The second-order valence-electron chi connectivity index (χ2n) is 18.2. The molecule has 8 rings (SSSR count). The molecular formula is C46H52F4N6O8S2. The summed E-state index contributed by atoms with van der Waals surface area (Å²) in [5.74, 6) is -3.51. The van der Waals surface area contributed by atoms with Crippen LogP contribution < -0.4 is 29.6 Å². The summed E-state index contributed by atoms with van der Waals surface area (Å²) in [7, 11) is -2.53. The van der Waals surface area contributed by atoms with Crippen LogP contribution in [-0.4, -0.2) is 89.5 Å². The molecule has 4 heterocycles. The fourth-order valence-electron chi connectivity index (χ4n) is 8.64. The van der Waals surface area contributed by atoms with E-state index in [2.05, 4.69) is 20.1 Å². The summed E-state index contributed by atoms with van der Waals surface area (Å²) < 4.78 is 98.6. The van der Waals surface area contributed by atoms with E-state index in [-0.39, 0.29) is 37.4 Å². The van der Waals surface area contributed by atoms with Gasteiger partial charge in [0.1, 0.15) is 57.5 Å². The summed E-state index contributed by atoms with van der Waals surface area (Å²) in [4.78, 5) is 54.9. The van der Waals surface area contributed by atoms with Gasteiger partial charge in [0.05, 0.1) is 29.6 Å². The number of hydrogen-bond acceptors (Lipinski definition) is 12. The Labute approximate surface area is 383 Å². The molecule has 354 valence electrons. The molecule has 0 spiro atoms. The van der Waals surface area contributed by atoms with E-state index in [1.54, 1.807) is 38.3 Å². The molecule has 0 bridgehead atoms. The molecule has 20 heteroatoms. The van der Waals surface area contributed by atoms with Crippen LogP contribution in [-0.2, 0) is 24.4 Å². The van der Waals surface area contributed by atoms with Gasteiger partial charge in [-0.3, -0.25) is 19.1 Å². The van der Waals surface area contributed by atoms with Gasteiger partial charge in [-0.15, -0.1) is 24.5 Å². The van der Waals surface area contributed by atoms with Crippen LogP contribution in [0.2, 0.25) is 0 Å². The monoisotopic (exact) mass is 956 g/mol. The van der Waals surface area contributed by atoms with Crippen molar-refractivity contribution in [2.24, 2.45) is 5.92 Å². The highest BCUT2D eigenvalue weighted by molar-refractivity contribution is 7.91. The highest BCUT2D eigenvalue weighted by atomic mass is 32.2. The molecule has 4 aliphatic rings. The average molecular weight is 957 g/mol. The molecule has 0 radical (unpaired) electrons. The Balaban J connectivity index is 1.16. The van der Waals surface area contributed by atoms with Crippen LogP contribution in [0.1, 0.15) is 95.7 Å². The maximum atomic E-state index is 15.0. The molecule has 3 fully saturated rings. The van der Waals surface area contributed by atoms with E-state index in [9.17, 15) is 40.4 Å². The van der Waals surface area contributed by atoms with Gasteiger partial charge in [0, 0.05) is 52.6 Å². The third kappa shape index (κ3) is 9.80. The first-order valence-electron chi connectivity index (χ1n) is 22.0. The molecule has 1 saturated heterocycles. The summed E-state index contributed by atoms with van der Waals surface area (Å²) in [6.07, 6.45) is 1.03. The normalized spacial score (nSPS) is 24.9. The number of pyridine rings is 1. The summed E-state index contributed by atoms with van der Waals surface area (Å²) >= 11 is 1.42. The summed E-state index contributed by atoms with van der Waals surface area (Å²) in [6, 6.07) is 5.35. The summed E-state index contributed by atoms with van der Waals surface area (Å²) in [5.41, 5.74) is 0.929. The zero-order valence-corrected chi connectivity index (χ0v) is 38.7. The first-order chi connectivity index (χ1) is 31.2. The van der Waals surface area contributed by atoms with Crippen molar-refractivity contribution in [3.05, 3.63) is 71.0 Å². The fourth-order valence-corrected chi connectivity index (χ4v) is 10.9. The van der Waals surface area contributed by atoms with Gasteiger partial charge in [-0.1, -0.05) is 38.8 Å². The van der Waals surface area contributed by atoms with Crippen LogP contribution in [0.4, 0.5) is 23.2 Å². The first-order valence-corrected chi connectivity index (χ1v) is 24.3. The van der Waals surface area contributed by atoms with Crippen molar-refractivity contribution in [3.63, 3.8) is 0 Å². The highest BCUT2D eigenvalue weighted by Gasteiger charge is 2.63. The van der Waals surface area contributed by atoms with E-state index in [4.69, 9.17) is 19.4 Å². The Morgan fingerprint density at radius 1 is 1.06 bits per heavy atom. The third-order valence-corrected chi connectivity index (χ3v) is 16.0. The van der Waals surface area contributed by atoms with Crippen LogP contribution in [0.25, 0.3) is 21.6 Å². The molecule has 5 atom stereocenters. The number of carbonyl (C=O) groups is 3. The number of nitrogens with zero attached hydrogens (tertiary/aromatic N) is 3. The van der Waals surface area contributed by atoms with Crippen molar-refractivity contribution in [1.82, 2.24) is 24.9 Å². The molecule has 2 aromatic heterocycles. The van der Waals surface area contributed by atoms with E-state index in [1.165, 1.54) is 16.2 Å². The number of rotatable bonds is 11. The highest BCUT2D eigenvalue weighted by Crippen LogP contribution is 2.48. The van der Waals surface area contributed by atoms with Crippen molar-refractivity contribution in [2.75, 3.05) is 19.0 Å². The lowest BCUT2D eigenvalue weighted by Crippen LogP contribution is -2.58. The number of carbonyl (C=O) groups excluding carboxylic acids is 3. The second kappa shape index (κ2) is 18.0. The maximum Gasteiger partial charge on any atom is 0.573 e. The van der Waals surface area contributed by atoms with Gasteiger partial charge in [-0.2, -0.15) is 0 Å². The topological polar surface area (TPSA) is 178 Å². The van der Waals surface area contributed by atoms with Crippen LogP contribution in [0, 0.1) is 18.7 Å². The molecule has 66 heavy (non-hydrogen) atoms.